The molecule has 1 aliphatic rings. The molecule has 21 heavy (non-hydrogen) atoms. The third-order valence-electron chi connectivity index (χ3n) is 3.55. The van der Waals surface area contributed by atoms with Gasteiger partial charge < -0.3 is 9.84 Å². The normalized spacial score (nSPS) is 15.8. The second kappa shape index (κ2) is 5.48. The van der Waals surface area contributed by atoms with E-state index < -0.39 is 0 Å². The van der Waals surface area contributed by atoms with E-state index >= 15 is 0 Å². The van der Waals surface area contributed by atoms with Crippen molar-refractivity contribution in [3.05, 3.63) is 34.7 Å². The summed E-state index contributed by atoms with van der Waals surface area (Å²) < 4.78 is 5.23. The Balaban J connectivity index is 1.75. The number of nitrogens with one attached hydrogen (secondary N) is 1. The summed E-state index contributed by atoms with van der Waals surface area (Å²) in [5.41, 5.74) is 1.79. The number of amides is 1. The molecule has 0 saturated heterocycles. The quantitative estimate of drug-likeness (QED) is 0.941. The van der Waals surface area contributed by atoms with Gasteiger partial charge in [0.2, 0.25) is 17.6 Å². The highest BCUT2D eigenvalue weighted by Gasteiger charge is 2.31. The maximum atomic E-state index is 11.7. The van der Waals surface area contributed by atoms with E-state index in [2.05, 4.69) is 15.5 Å². The molecule has 1 aromatic heterocycles. The smallest absolute Gasteiger partial charge is 0.249 e. The van der Waals surface area contributed by atoms with E-state index in [1.165, 1.54) is 0 Å². The minimum atomic E-state index is -0.291. The highest BCUT2D eigenvalue weighted by Crippen LogP contribution is 2.30. The van der Waals surface area contributed by atoms with Crippen molar-refractivity contribution in [3.8, 4) is 11.4 Å². The predicted molar refractivity (Wildman–Crippen MR) is 78.8 cm³/mol. The molecule has 5 nitrogen and oxygen atoms in total. The van der Waals surface area contributed by atoms with E-state index in [1.54, 1.807) is 6.07 Å². The second-order valence-corrected chi connectivity index (χ2v) is 5.83. The Labute approximate surface area is 127 Å². The van der Waals surface area contributed by atoms with E-state index in [9.17, 15) is 4.79 Å². The molecule has 0 aliphatic heterocycles. The Morgan fingerprint density at radius 3 is 2.90 bits per heavy atom. The number of aryl methyl sites for hydroxylation is 1. The van der Waals surface area contributed by atoms with Crippen LogP contribution in [0, 0.1) is 12.8 Å². The molecule has 1 aromatic carbocycles. The first-order chi connectivity index (χ1) is 10.0. The lowest BCUT2D eigenvalue weighted by molar-refractivity contribution is -0.123. The topological polar surface area (TPSA) is 68.0 Å². The van der Waals surface area contributed by atoms with Gasteiger partial charge in [0.05, 0.1) is 0 Å². The van der Waals surface area contributed by atoms with Gasteiger partial charge in [0.1, 0.15) is 6.04 Å². The molecule has 3 rings (SSSR count). The molecule has 0 radical (unpaired) electrons. The van der Waals surface area contributed by atoms with Crippen LogP contribution in [0.4, 0.5) is 0 Å². The fourth-order valence-corrected chi connectivity index (χ4v) is 2.18. The largest absolute Gasteiger partial charge is 0.344 e. The van der Waals surface area contributed by atoms with Crippen LogP contribution >= 0.6 is 11.6 Å². The van der Waals surface area contributed by atoms with Crippen molar-refractivity contribution in [1.29, 1.82) is 0 Å². The molecule has 1 atom stereocenters. The van der Waals surface area contributed by atoms with Gasteiger partial charge in [0, 0.05) is 16.5 Å². The van der Waals surface area contributed by atoms with Crippen LogP contribution in [0.25, 0.3) is 11.4 Å². The predicted octanol–water partition coefficient (Wildman–Crippen LogP) is 3.29. The molecule has 1 heterocycles. The van der Waals surface area contributed by atoms with Gasteiger partial charge in [-0.3, -0.25) is 4.79 Å². The molecule has 1 saturated carbocycles. The van der Waals surface area contributed by atoms with Crippen LogP contribution in [0.15, 0.2) is 22.7 Å². The van der Waals surface area contributed by atoms with Crippen LogP contribution < -0.4 is 5.32 Å². The summed E-state index contributed by atoms with van der Waals surface area (Å²) in [6, 6.07) is 5.31. The van der Waals surface area contributed by atoms with E-state index in [0.29, 0.717) is 16.7 Å². The number of rotatable bonds is 4. The molecule has 0 spiro atoms. The Morgan fingerprint density at radius 2 is 2.24 bits per heavy atom. The first-order valence-corrected chi connectivity index (χ1v) is 7.33. The molecule has 2 aromatic rings. The summed E-state index contributed by atoms with van der Waals surface area (Å²) in [6.45, 7) is 3.77. The summed E-state index contributed by atoms with van der Waals surface area (Å²) >= 11 is 6.10. The number of hydrogen-bond acceptors (Lipinski definition) is 4. The minimum Gasteiger partial charge on any atom is -0.344 e. The molecule has 0 bridgehead atoms. The van der Waals surface area contributed by atoms with Crippen LogP contribution in [-0.4, -0.2) is 16.0 Å². The highest BCUT2D eigenvalue weighted by atomic mass is 35.5. The molecular formula is C15H16ClN3O2. The highest BCUT2D eigenvalue weighted by molar-refractivity contribution is 6.31. The van der Waals surface area contributed by atoms with Crippen molar-refractivity contribution in [2.45, 2.75) is 32.7 Å². The summed E-state index contributed by atoms with van der Waals surface area (Å²) in [7, 11) is 0. The van der Waals surface area contributed by atoms with Crippen LogP contribution in [-0.2, 0) is 4.79 Å². The fourth-order valence-electron chi connectivity index (χ4n) is 2.00. The summed E-state index contributed by atoms with van der Waals surface area (Å²) in [6.07, 6.45) is 1.94. The Bertz CT molecular complexity index is 679. The molecule has 1 aliphatic carbocycles. The third kappa shape index (κ3) is 3.08. The molecule has 6 heteroatoms. The molecule has 110 valence electrons. The number of hydrogen-bond donors (Lipinski definition) is 1. The number of carbonyl (C=O) groups is 1. The lowest BCUT2D eigenvalue weighted by atomic mass is 10.1. The zero-order valence-corrected chi connectivity index (χ0v) is 12.6. The van der Waals surface area contributed by atoms with Crippen LogP contribution in [0.5, 0.6) is 0 Å². The van der Waals surface area contributed by atoms with Crippen molar-refractivity contribution < 1.29 is 9.32 Å². The van der Waals surface area contributed by atoms with E-state index in [1.807, 2.05) is 26.0 Å². The van der Waals surface area contributed by atoms with Gasteiger partial charge in [-0.05, 0) is 38.3 Å². The standard InChI is InChI=1S/C15H16ClN3O2/c1-8-3-4-11(7-12(8)16)13-18-15(21-19-13)9(2)17-14(20)10-5-6-10/h3-4,7,9-10H,5-6H2,1-2H3,(H,17,20)/t9-/m0/s1. The number of aromatic nitrogens is 2. The SMILES string of the molecule is Cc1ccc(-c2noc([C@H](C)NC(=O)C3CC3)n2)cc1Cl. The van der Waals surface area contributed by atoms with Crippen LogP contribution in [0.2, 0.25) is 5.02 Å². The van der Waals surface area contributed by atoms with Gasteiger partial charge >= 0.3 is 0 Å². The van der Waals surface area contributed by atoms with Gasteiger partial charge in [-0.15, -0.1) is 0 Å². The maximum absolute atomic E-state index is 11.7. The van der Waals surface area contributed by atoms with Crippen molar-refractivity contribution in [1.82, 2.24) is 15.5 Å². The first-order valence-electron chi connectivity index (χ1n) is 6.95. The van der Waals surface area contributed by atoms with Crippen LogP contribution in [0.1, 0.15) is 37.3 Å². The number of halogens is 1. The van der Waals surface area contributed by atoms with Crippen LogP contribution in [0.3, 0.4) is 0 Å². The lowest BCUT2D eigenvalue weighted by Gasteiger charge is -2.08. The first kappa shape index (κ1) is 14.1. The van der Waals surface area contributed by atoms with Crippen molar-refractivity contribution in [2.24, 2.45) is 5.92 Å². The average molecular weight is 306 g/mol. The summed E-state index contributed by atoms with van der Waals surface area (Å²) in [4.78, 5) is 16.1. The van der Waals surface area contributed by atoms with E-state index in [4.69, 9.17) is 16.1 Å². The molecule has 1 N–H and O–H groups in total. The third-order valence-corrected chi connectivity index (χ3v) is 3.96. The Morgan fingerprint density at radius 1 is 1.48 bits per heavy atom. The van der Waals surface area contributed by atoms with Gasteiger partial charge in [0.15, 0.2) is 0 Å². The Hall–Kier alpha value is -1.88. The summed E-state index contributed by atoms with van der Waals surface area (Å²) in [5.74, 6) is 1.08. The fraction of sp³-hybridized carbons (Fsp3) is 0.400. The van der Waals surface area contributed by atoms with Crippen molar-refractivity contribution in [2.75, 3.05) is 0 Å². The van der Waals surface area contributed by atoms with Gasteiger partial charge in [-0.1, -0.05) is 28.9 Å². The molecule has 1 amide bonds. The molecular weight excluding hydrogens is 290 g/mol. The van der Waals surface area contributed by atoms with Gasteiger partial charge in [-0.25, -0.2) is 0 Å². The van der Waals surface area contributed by atoms with Crippen molar-refractivity contribution >= 4 is 17.5 Å². The number of nitrogens with zero attached hydrogens (tertiary/aromatic N) is 2. The minimum absolute atomic E-state index is 0.0561. The van der Waals surface area contributed by atoms with E-state index in [-0.39, 0.29) is 17.9 Å². The van der Waals surface area contributed by atoms with Gasteiger partial charge in [-0.2, -0.15) is 4.98 Å². The average Bonchev–Trinajstić information content (AvgIpc) is 3.19. The monoisotopic (exact) mass is 305 g/mol. The zero-order valence-electron chi connectivity index (χ0n) is 11.9. The zero-order chi connectivity index (χ0) is 15.0. The summed E-state index contributed by atoms with van der Waals surface area (Å²) in [5, 5.41) is 7.49. The number of benzene rings is 1. The Kier molecular flexibility index (Phi) is 3.68. The molecule has 1 fully saturated rings. The lowest BCUT2D eigenvalue weighted by Crippen LogP contribution is -2.28. The second-order valence-electron chi connectivity index (χ2n) is 5.42. The maximum Gasteiger partial charge on any atom is 0.249 e. The van der Waals surface area contributed by atoms with Gasteiger partial charge in [0.25, 0.3) is 0 Å². The molecule has 0 unspecified atom stereocenters. The van der Waals surface area contributed by atoms with Crippen molar-refractivity contribution in [3.63, 3.8) is 0 Å². The number of carbonyl (C=O) groups excluding carboxylic acids is 1. The van der Waals surface area contributed by atoms with E-state index in [0.717, 1.165) is 24.0 Å².